The Labute approximate surface area is 81.1 Å². The fourth-order valence-corrected chi connectivity index (χ4v) is 1.84. The molecule has 0 aromatic heterocycles. The van der Waals surface area contributed by atoms with Crippen molar-refractivity contribution in [2.24, 2.45) is 11.7 Å². The molecule has 0 spiro atoms. The minimum absolute atomic E-state index is 0.367. The van der Waals surface area contributed by atoms with Crippen molar-refractivity contribution in [2.75, 3.05) is 13.2 Å². The van der Waals surface area contributed by atoms with Gasteiger partial charge in [-0.25, -0.2) is 0 Å². The van der Waals surface area contributed by atoms with Gasteiger partial charge in [0.15, 0.2) is 0 Å². The van der Waals surface area contributed by atoms with E-state index in [0.717, 1.165) is 38.4 Å². The summed E-state index contributed by atoms with van der Waals surface area (Å²) in [5, 5.41) is 0. The summed E-state index contributed by atoms with van der Waals surface area (Å²) >= 11 is 0. The number of unbranched alkanes of at least 4 members (excludes halogenated alkanes) is 1. The smallest absolute Gasteiger partial charge is 0.0495 e. The first-order valence-corrected chi connectivity index (χ1v) is 5.27. The molecular weight excluding hydrogens is 162 g/mol. The third-order valence-corrected chi connectivity index (χ3v) is 2.64. The molecule has 1 aliphatic heterocycles. The van der Waals surface area contributed by atoms with Crippen LogP contribution in [0.1, 0.15) is 32.1 Å². The SMILES string of the molecule is C=CCCCC(N)CC1CCOC1. The molecule has 2 heteroatoms. The van der Waals surface area contributed by atoms with E-state index < -0.39 is 0 Å². The summed E-state index contributed by atoms with van der Waals surface area (Å²) in [4.78, 5) is 0. The van der Waals surface area contributed by atoms with Gasteiger partial charge in [0.2, 0.25) is 0 Å². The highest BCUT2D eigenvalue weighted by Crippen LogP contribution is 2.19. The van der Waals surface area contributed by atoms with Crippen LogP contribution in [0.25, 0.3) is 0 Å². The molecule has 2 nitrogen and oxygen atoms in total. The van der Waals surface area contributed by atoms with Crippen molar-refractivity contribution < 1.29 is 4.74 Å². The fourth-order valence-electron chi connectivity index (χ4n) is 1.84. The first-order chi connectivity index (χ1) is 6.33. The van der Waals surface area contributed by atoms with Crippen LogP contribution in [0.5, 0.6) is 0 Å². The number of nitrogens with two attached hydrogens (primary N) is 1. The van der Waals surface area contributed by atoms with Gasteiger partial charge in [0.05, 0.1) is 0 Å². The minimum atomic E-state index is 0.367. The molecule has 0 amide bonds. The lowest BCUT2D eigenvalue weighted by Gasteiger charge is -2.14. The molecule has 76 valence electrons. The van der Waals surface area contributed by atoms with Gasteiger partial charge in [-0.1, -0.05) is 6.08 Å². The summed E-state index contributed by atoms with van der Waals surface area (Å²) in [6.07, 6.45) is 7.70. The molecule has 0 aliphatic carbocycles. The van der Waals surface area contributed by atoms with E-state index in [1.807, 2.05) is 6.08 Å². The molecule has 1 aliphatic rings. The van der Waals surface area contributed by atoms with Crippen molar-refractivity contribution in [3.63, 3.8) is 0 Å². The Morgan fingerprint density at radius 1 is 1.62 bits per heavy atom. The van der Waals surface area contributed by atoms with Crippen molar-refractivity contribution in [1.29, 1.82) is 0 Å². The van der Waals surface area contributed by atoms with Crippen LogP contribution in [0.4, 0.5) is 0 Å². The highest BCUT2D eigenvalue weighted by molar-refractivity contribution is 4.73. The van der Waals surface area contributed by atoms with Gasteiger partial charge >= 0.3 is 0 Å². The summed E-state index contributed by atoms with van der Waals surface area (Å²) in [6, 6.07) is 0.367. The van der Waals surface area contributed by atoms with E-state index in [9.17, 15) is 0 Å². The van der Waals surface area contributed by atoms with Crippen LogP contribution in [-0.4, -0.2) is 19.3 Å². The molecule has 2 unspecified atom stereocenters. The zero-order chi connectivity index (χ0) is 9.52. The normalized spacial score (nSPS) is 24.5. The zero-order valence-corrected chi connectivity index (χ0v) is 8.37. The molecule has 0 aromatic carbocycles. The van der Waals surface area contributed by atoms with Crippen LogP contribution in [0.2, 0.25) is 0 Å². The Bertz CT molecular complexity index is 141. The number of ether oxygens (including phenoxy) is 1. The van der Waals surface area contributed by atoms with Gasteiger partial charge in [0, 0.05) is 19.3 Å². The molecule has 0 radical (unpaired) electrons. The van der Waals surface area contributed by atoms with E-state index in [1.54, 1.807) is 0 Å². The van der Waals surface area contributed by atoms with Crippen LogP contribution in [0.3, 0.4) is 0 Å². The number of hydrogen-bond acceptors (Lipinski definition) is 2. The molecule has 2 N–H and O–H groups in total. The first kappa shape index (κ1) is 10.7. The average Bonchev–Trinajstić information content (AvgIpc) is 2.57. The van der Waals surface area contributed by atoms with Crippen molar-refractivity contribution in [3.05, 3.63) is 12.7 Å². The first-order valence-electron chi connectivity index (χ1n) is 5.27. The topological polar surface area (TPSA) is 35.2 Å². The minimum Gasteiger partial charge on any atom is -0.381 e. The van der Waals surface area contributed by atoms with Gasteiger partial charge in [0.25, 0.3) is 0 Å². The number of allylic oxidation sites excluding steroid dienone is 1. The van der Waals surface area contributed by atoms with Crippen LogP contribution < -0.4 is 5.73 Å². The maximum atomic E-state index is 6.00. The van der Waals surface area contributed by atoms with E-state index in [0.29, 0.717) is 6.04 Å². The van der Waals surface area contributed by atoms with Gasteiger partial charge in [-0.15, -0.1) is 6.58 Å². The largest absolute Gasteiger partial charge is 0.381 e. The molecule has 0 bridgehead atoms. The molecule has 1 heterocycles. The number of hydrogen-bond donors (Lipinski definition) is 1. The monoisotopic (exact) mass is 183 g/mol. The quantitative estimate of drug-likeness (QED) is 0.505. The van der Waals surface area contributed by atoms with Gasteiger partial charge < -0.3 is 10.5 Å². The lowest BCUT2D eigenvalue weighted by Crippen LogP contribution is -2.23. The maximum absolute atomic E-state index is 6.00. The maximum Gasteiger partial charge on any atom is 0.0495 e. The molecule has 1 rings (SSSR count). The van der Waals surface area contributed by atoms with Crippen LogP contribution in [0.15, 0.2) is 12.7 Å². The highest BCUT2D eigenvalue weighted by Gasteiger charge is 2.18. The average molecular weight is 183 g/mol. The van der Waals surface area contributed by atoms with Gasteiger partial charge in [-0.3, -0.25) is 0 Å². The van der Waals surface area contributed by atoms with Gasteiger partial charge in [0.1, 0.15) is 0 Å². The van der Waals surface area contributed by atoms with E-state index in [1.165, 1.54) is 12.8 Å². The van der Waals surface area contributed by atoms with Crippen LogP contribution >= 0.6 is 0 Å². The predicted octanol–water partition coefficient (Wildman–Crippen LogP) is 2.10. The third kappa shape index (κ3) is 4.44. The second-order valence-corrected chi connectivity index (χ2v) is 3.94. The van der Waals surface area contributed by atoms with Crippen molar-refractivity contribution >= 4 is 0 Å². The summed E-state index contributed by atoms with van der Waals surface area (Å²) in [7, 11) is 0. The molecule has 0 aromatic rings. The molecular formula is C11H21NO. The standard InChI is InChI=1S/C11H21NO/c1-2-3-4-5-11(12)8-10-6-7-13-9-10/h2,10-11H,1,3-9,12H2. The van der Waals surface area contributed by atoms with E-state index in [4.69, 9.17) is 10.5 Å². The second-order valence-electron chi connectivity index (χ2n) is 3.94. The van der Waals surface area contributed by atoms with Crippen molar-refractivity contribution in [2.45, 2.75) is 38.1 Å². The Hall–Kier alpha value is -0.340. The van der Waals surface area contributed by atoms with Crippen molar-refractivity contribution in [3.8, 4) is 0 Å². The Morgan fingerprint density at radius 3 is 3.08 bits per heavy atom. The van der Waals surface area contributed by atoms with E-state index in [-0.39, 0.29) is 0 Å². The molecule has 1 saturated heterocycles. The van der Waals surface area contributed by atoms with Crippen LogP contribution in [-0.2, 0) is 4.74 Å². The Balaban J connectivity index is 2.02. The molecule has 1 fully saturated rings. The summed E-state index contributed by atoms with van der Waals surface area (Å²) in [5.74, 6) is 0.721. The second kappa shape index (κ2) is 6.17. The lowest BCUT2D eigenvalue weighted by atomic mass is 9.96. The predicted molar refractivity (Wildman–Crippen MR) is 55.6 cm³/mol. The van der Waals surface area contributed by atoms with Gasteiger partial charge in [-0.05, 0) is 38.0 Å². The van der Waals surface area contributed by atoms with E-state index in [2.05, 4.69) is 6.58 Å². The van der Waals surface area contributed by atoms with Gasteiger partial charge in [-0.2, -0.15) is 0 Å². The van der Waals surface area contributed by atoms with Crippen LogP contribution in [0, 0.1) is 5.92 Å². The summed E-state index contributed by atoms with van der Waals surface area (Å²) in [6.45, 7) is 5.56. The summed E-state index contributed by atoms with van der Waals surface area (Å²) < 4.78 is 5.31. The molecule has 13 heavy (non-hydrogen) atoms. The highest BCUT2D eigenvalue weighted by atomic mass is 16.5. The van der Waals surface area contributed by atoms with E-state index >= 15 is 0 Å². The molecule has 2 atom stereocenters. The third-order valence-electron chi connectivity index (χ3n) is 2.64. The lowest BCUT2D eigenvalue weighted by molar-refractivity contribution is 0.182. The van der Waals surface area contributed by atoms with Crippen molar-refractivity contribution in [1.82, 2.24) is 0 Å². The Morgan fingerprint density at radius 2 is 2.46 bits per heavy atom. The molecule has 0 saturated carbocycles. The zero-order valence-electron chi connectivity index (χ0n) is 8.37. The Kier molecular flexibility index (Phi) is 5.09. The number of rotatable bonds is 6. The fraction of sp³-hybridized carbons (Fsp3) is 0.818. The summed E-state index contributed by atoms with van der Waals surface area (Å²) in [5.41, 5.74) is 6.00.